The molecule has 134 valence electrons. The van der Waals surface area contributed by atoms with Gasteiger partial charge in [-0.1, -0.05) is 42.5 Å². The molecule has 2 aromatic carbocycles. The predicted molar refractivity (Wildman–Crippen MR) is 96.7 cm³/mol. The maximum atomic E-state index is 9.22. The van der Waals surface area contributed by atoms with Crippen LogP contribution in [0.25, 0.3) is 10.8 Å². The van der Waals surface area contributed by atoms with Gasteiger partial charge in [0.25, 0.3) is 0 Å². The molecule has 0 spiro atoms. The van der Waals surface area contributed by atoms with Gasteiger partial charge in [-0.15, -0.1) is 11.6 Å². The molecule has 0 saturated carbocycles. The van der Waals surface area contributed by atoms with Crippen molar-refractivity contribution in [2.24, 2.45) is 0 Å². The third kappa shape index (κ3) is 6.75. The summed E-state index contributed by atoms with van der Waals surface area (Å²) in [4.78, 5) is 0. The van der Waals surface area contributed by atoms with E-state index in [0.29, 0.717) is 0 Å². The van der Waals surface area contributed by atoms with Crippen molar-refractivity contribution in [3.8, 4) is 0 Å². The molecule has 24 heavy (non-hydrogen) atoms. The van der Waals surface area contributed by atoms with E-state index >= 15 is 0 Å². The highest BCUT2D eigenvalue weighted by Crippen LogP contribution is 2.22. The smallest absolute Gasteiger partial charge is 0.217 e. The van der Waals surface area contributed by atoms with E-state index in [-0.39, 0.29) is 0 Å². The fraction of sp³-hybridized carbons (Fsp3) is 0.412. The zero-order valence-electron chi connectivity index (χ0n) is 14.2. The lowest BCUT2D eigenvalue weighted by Crippen LogP contribution is -2.44. The Morgan fingerprint density at radius 1 is 1.17 bits per heavy atom. The van der Waals surface area contributed by atoms with Crippen molar-refractivity contribution in [1.29, 1.82) is 0 Å². The summed E-state index contributed by atoms with van der Waals surface area (Å²) in [5.41, 5.74) is 1.42. The summed E-state index contributed by atoms with van der Waals surface area (Å²) >= 11 is 5.93. The van der Waals surface area contributed by atoms with Crippen LogP contribution in [0.3, 0.4) is 0 Å². The van der Waals surface area contributed by atoms with Gasteiger partial charge in [0.1, 0.15) is 6.54 Å². The Hall–Kier alpha value is -1.18. The van der Waals surface area contributed by atoms with Crippen LogP contribution < -0.4 is 0 Å². The van der Waals surface area contributed by atoms with Crippen LogP contribution in [0.2, 0.25) is 0 Å². The first-order valence-electron chi connectivity index (χ1n) is 7.62. The number of quaternary nitrogens is 1. The number of alkyl halides is 1. The van der Waals surface area contributed by atoms with E-state index in [4.69, 9.17) is 11.6 Å². The quantitative estimate of drug-likeness (QED) is 0.337. The number of nitrogens with zero attached hydrogens (tertiary/aromatic N) is 1. The normalized spacial score (nSPS) is 13.9. The van der Waals surface area contributed by atoms with Crippen molar-refractivity contribution in [3.05, 3.63) is 48.0 Å². The second-order valence-corrected chi connectivity index (χ2v) is 7.25. The van der Waals surface area contributed by atoms with Crippen LogP contribution in [0.4, 0.5) is 0 Å². The summed E-state index contributed by atoms with van der Waals surface area (Å²) in [5.74, 6) is 0.717. The summed E-state index contributed by atoms with van der Waals surface area (Å²) in [6.45, 7) is 5.40. The monoisotopic (exact) mass is 373 g/mol. The highest BCUT2D eigenvalue weighted by Gasteiger charge is 2.19. The number of hydrogen-bond acceptors (Lipinski definition) is 4. The molecule has 0 fully saturated rings. The van der Waals surface area contributed by atoms with E-state index < -0.39 is 10.4 Å². The minimum absolute atomic E-state index is 0.717. The van der Waals surface area contributed by atoms with E-state index in [1.54, 1.807) is 0 Å². The molecular weight excluding hydrogens is 350 g/mol. The second-order valence-electron chi connectivity index (χ2n) is 5.72. The van der Waals surface area contributed by atoms with Crippen LogP contribution in [-0.2, 0) is 21.1 Å². The molecule has 0 bridgehead atoms. The Labute approximate surface area is 149 Å². The van der Waals surface area contributed by atoms with Gasteiger partial charge in [-0.25, -0.2) is 8.42 Å². The van der Waals surface area contributed by atoms with E-state index in [2.05, 4.69) is 60.6 Å². The first-order chi connectivity index (χ1) is 11.2. The molecule has 0 heterocycles. The summed E-state index contributed by atoms with van der Waals surface area (Å²) in [7, 11) is -1.32. The largest absolute Gasteiger partial charge is 0.726 e. The molecule has 0 radical (unpaired) electrons. The fourth-order valence-electron chi connectivity index (χ4n) is 2.39. The summed E-state index contributed by atoms with van der Waals surface area (Å²) in [6.07, 6.45) is 0. The fourth-order valence-corrected chi connectivity index (χ4v) is 2.80. The van der Waals surface area contributed by atoms with Gasteiger partial charge in [0.05, 0.1) is 33.1 Å². The Morgan fingerprint density at radius 2 is 1.75 bits per heavy atom. The molecular formula is C17H24ClNO4S. The highest BCUT2D eigenvalue weighted by atomic mass is 35.5. The molecule has 1 unspecified atom stereocenters. The third-order valence-corrected chi connectivity index (χ3v) is 4.60. The molecule has 0 N–H and O–H groups in total. The summed E-state index contributed by atoms with van der Waals surface area (Å²) in [5, 5.41) is 2.69. The van der Waals surface area contributed by atoms with Crippen LogP contribution in [0.15, 0.2) is 42.5 Å². The molecule has 0 saturated heterocycles. The Bertz CT molecular complexity index is 746. The molecule has 0 aliphatic heterocycles. The molecule has 7 heteroatoms. The third-order valence-electron chi connectivity index (χ3n) is 4.02. The lowest BCUT2D eigenvalue weighted by molar-refractivity contribution is -0.918. The van der Waals surface area contributed by atoms with Crippen LogP contribution in [0.5, 0.6) is 0 Å². The Morgan fingerprint density at radius 3 is 2.29 bits per heavy atom. The lowest BCUT2D eigenvalue weighted by Gasteiger charge is -2.33. The van der Waals surface area contributed by atoms with Gasteiger partial charge in [0.15, 0.2) is 0 Å². The predicted octanol–water partition coefficient (Wildman–Crippen LogP) is 3.14. The zero-order valence-corrected chi connectivity index (χ0v) is 15.8. The SMILES string of the molecule is CC[N+](C)(CCCl)Cc1cccc2ccccc12.COS(=O)(=O)[O-]. The maximum Gasteiger partial charge on any atom is 0.217 e. The number of hydrogen-bond donors (Lipinski definition) is 0. The molecule has 2 rings (SSSR count). The van der Waals surface area contributed by atoms with Crippen molar-refractivity contribution in [3.63, 3.8) is 0 Å². The molecule has 0 aliphatic rings. The van der Waals surface area contributed by atoms with Crippen molar-refractivity contribution in [1.82, 2.24) is 0 Å². The van der Waals surface area contributed by atoms with Gasteiger partial charge in [-0.2, -0.15) is 0 Å². The van der Waals surface area contributed by atoms with Gasteiger partial charge in [0, 0.05) is 5.56 Å². The number of rotatable bonds is 6. The lowest BCUT2D eigenvalue weighted by atomic mass is 10.0. The van der Waals surface area contributed by atoms with E-state index in [1.807, 2.05) is 0 Å². The zero-order chi connectivity index (χ0) is 18.2. The van der Waals surface area contributed by atoms with Crippen LogP contribution >= 0.6 is 11.6 Å². The molecule has 0 aromatic heterocycles. The summed E-state index contributed by atoms with van der Waals surface area (Å²) < 4.78 is 32.0. The minimum atomic E-state index is -4.41. The van der Waals surface area contributed by atoms with Crippen LogP contribution in [0, 0.1) is 0 Å². The van der Waals surface area contributed by atoms with Crippen molar-refractivity contribution in [2.75, 3.05) is 33.1 Å². The van der Waals surface area contributed by atoms with E-state index in [1.165, 1.54) is 16.3 Å². The van der Waals surface area contributed by atoms with Crippen LogP contribution in [0.1, 0.15) is 12.5 Å². The number of fused-ring (bicyclic) bond motifs is 1. The first-order valence-corrected chi connectivity index (χ1v) is 9.49. The van der Waals surface area contributed by atoms with Crippen molar-refractivity contribution in [2.45, 2.75) is 13.5 Å². The molecule has 0 aliphatic carbocycles. The summed E-state index contributed by atoms with van der Waals surface area (Å²) in [6, 6.07) is 15.2. The molecule has 0 amide bonds. The first kappa shape index (κ1) is 20.9. The van der Waals surface area contributed by atoms with Gasteiger partial charge < -0.3 is 9.04 Å². The standard InChI is InChI=1S/C16H21ClN.CH4O4S/c1-3-18(2,12-11-17)13-15-9-6-8-14-7-4-5-10-16(14)15;1-5-6(2,3)4/h4-10H,3,11-13H2,1-2H3;1H3,(H,2,3,4)/q+1;/p-1. The van der Waals surface area contributed by atoms with Gasteiger partial charge in [0.2, 0.25) is 10.4 Å². The number of benzene rings is 2. The highest BCUT2D eigenvalue weighted by molar-refractivity contribution is 7.80. The van der Waals surface area contributed by atoms with Crippen LogP contribution in [-0.4, -0.2) is 50.6 Å². The topological polar surface area (TPSA) is 66.4 Å². The maximum absolute atomic E-state index is 9.22. The Kier molecular flexibility index (Phi) is 8.12. The van der Waals surface area contributed by atoms with Gasteiger partial charge >= 0.3 is 0 Å². The molecule has 5 nitrogen and oxygen atoms in total. The molecule has 2 aromatic rings. The van der Waals surface area contributed by atoms with Crippen molar-refractivity contribution >= 4 is 32.8 Å². The average molecular weight is 374 g/mol. The van der Waals surface area contributed by atoms with Crippen molar-refractivity contribution < 1.29 is 21.6 Å². The van der Waals surface area contributed by atoms with E-state index in [9.17, 15) is 13.0 Å². The number of halogens is 1. The molecule has 1 atom stereocenters. The minimum Gasteiger partial charge on any atom is -0.726 e. The second kappa shape index (κ2) is 9.34. The van der Waals surface area contributed by atoms with Gasteiger partial charge in [-0.3, -0.25) is 4.18 Å². The Balaban J connectivity index is 0.000000413. The van der Waals surface area contributed by atoms with Gasteiger partial charge in [-0.05, 0) is 17.7 Å². The van der Waals surface area contributed by atoms with E-state index in [0.717, 1.165) is 37.1 Å². The average Bonchev–Trinajstić information content (AvgIpc) is 2.55.